The Bertz CT molecular complexity index is 487. The number of rotatable bonds is 8. The van der Waals surface area contributed by atoms with Crippen molar-refractivity contribution in [1.82, 2.24) is 10.6 Å². The van der Waals surface area contributed by atoms with Crippen LogP contribution in [0.1, 0.15) is 32.8 Å². The Morgan fingerprint density at radius 3 is 2.38 bits per heavy atom. The van der Waals surface area contributed by atoms with Gasteiger partial charge in [0.05, 0.1) is 6.54 Å². The molecule has 2 N–H and O–H groups in total. The fourth-order valence-corrected chi connectivity index (χ4v) is 2.19. The molecule has 0 aromatic heterocycles. The van der Waals surface area contributed by atoms with E-state index in [-0.39, 0.29) is 29.4 Å². The van der Waals surface area contributed by atoms with Gasteiger partial charge in [-0.3, -0.25) is 4.99 Å². The molecule has 0 aliphatic rings. The molecule has 1 aromatic carbocycles. The second-order valence-electron chi connectivity index (χ2n) is 6.37. The van der Waals surface area contributed by atoms with Crippen molar-refractivity contribution in [3.63, 3.8) is 0 Å². The third-order valence-corrected chi connectivity index (χ3v) is 3.39. The second kappa shape index (κ2) is 12.4. The SMILES string of the molecule is CN=C(NCCCOC)NCCOc1ccccc1C(C)(C)C.I. The van der Waals surface area contributed by atoms with Gasteiger partial charge in [-0.1, -0.05) is 39.0 Å². The van der Waals surface area contributed by atoms with Crippen molar-refractivity contribution in [3.8, 4) is 5.75 Å². The molecular weight excluding hydrogens is 417 g/mol. The van der Waals surface area contributed by atoms with Crippen molar-refractivity contribution in [2.75, 3.05) is 40.5 Å². The predicted molar refractivity (Wildman–Crippen MR) is 112 cm³/mol. The molecule has 0 amide bonds. The molecule has 0 saturated heterocycles. The van der Waals surface area contributed by atoms with Gasteiger partial charge in [-0.15, -0.1) is 24.0 Å². The number of hydrogen-bond acceptors (Lipinski definition) is 3. The maximum Gasteiger partial charge on any atom is 0.191 e. The number of nitrogens with zero attached hydrogens (tertiary/aromatic N) is 1. The molecule has 0 bridgehead atoms. The van der Waals surface area contributed by atoms with Gasteiger partial charge in [-0.05, 0) is 23.5 Å². The minimum Gasteiger partial charge on any atom is -0.491 e. The van der Waals surface area contributed by atoms with Crippen LogP contribution in [0.2, 0.25) is 0 Å². The maximum absolute atomic E-state index is 5.94. The normalized spacial score (nSPS) is 11.6. The van der Waals surface area contributed by atoms with E-state index < -0.39 is 0 Å². The first-order valence-electron chi connectivity index (χ1n) is 8.15. The van der Waals surface area contributed by atoms with Crippen LogP contribution in [-0.4, -0.2) is 46.4 Å². The van der Waals surface area contributed by atoms with Gasteiger partial charge in [0, 0.05) is 27.3 Å². The summed E-state index contributed by atoms with van der Waals surface area (Å²) in [5, 5.41) is 6.49. The van der Waals surface area contributed by atoms with E-state index in [0.717, 1.165) is 31.3 Å². The third kappa shape index (κ3) is 8.73. The summed E-state index contributed by atoms with van der Waals surface area (Å²) in [6.07, 6.45) is 0.951. The number of hydrogen-bond donors (Lipinski definition) is 2. The quantitative estimate of drug-likeness (QED) is 0.277. The molecule has 0 saturated carbocycles. The number of benzene rings is 1. The van der Waals surface area contributed by atoms with Gasteiger partial charge in [0.1, 0.15) is 12.4 Å². The van der Waals surface area contributed by atoms with Crippen LogP contribution in [-0.2, 0) is 10.2 Å². The van der Waals surface area contributed by atoms with Gasteiger partial charge in [0.25, 0.3) is 0 Å². The van der Waals surface area contributed by atoms with Crippen LogP contribution in [0.3, 0.4) is 0 Å². The lowest BCUT2D eigenvalue weighted by Crippen LogP contribution is -2.40. The van der Waals surface area contributed by atoms with Crippen LogP contribution in [0.5, 0.6) is 5.75 Å². The van der Waals surface area contributed by atoms with Gasteiger partial charge in [0.2, 0.25) is 0 Å². The van der Waals surface area contributed by atoms with Crippen LogP contribution >= 0.6 is 24.0 Å². The Hall–Kier alpha value is -1.02. The van der Waals surface area contributed by atoms with E-state index in [4.69, 9.17) is 9.47 Å². The van der Waals surface area contributed by atoms with Crippen LogP contribution in [0, 0.1) is 0 Å². The van der Waals surface area contributed by atoms with Crippen molar-refractivity contribution in [2.24, 2.45) is 4.99 Å². The lowest BCUT2D eigenvalue weighted by atomic mass is 9.86. The number of para-hydroxylation sites is 1. The smallest absolute Gasteiger partial charge is 0.191 e. The molecule has 1 rings (SSSR count). The van der Waals surface area contributed by atoms with Crippen molar-refractivity contribution in [1.29, 1.82) is 0 Å². The molecule has 0 unspecified atom stereocenters. The second-order valence-corrected chi connectivity index (χ2v) is 6.37. The summed E-state index contributed by atoms with van der Waals surface area (Å²) in [5.74, 6) is 1.73. The highest BCUT2D eigenvalue weighted by molar-refractivity contribution is 14.0. The van der Waals surface area contributed by atoms with E-state index in [1.807, 2.05) is 12.1 Å². The number of ether oxygens (including phenoxy) is 2. The first-order chi connectivity index (χ1) is 11.0. The monoisotopic (exact) mass is 449 g/mol. The lowest BCUT2D eigenvalue weighted by molar-refractivity contribution is 0.195. The average molecular weight is 449 g/mol. The van der Waals surface area contributed by atoms with Gasteiger partial charge in [0.15, 0.2) is 5.96 Å². The van der Waals surface area contributed by atoms with Crippen LogP contribution in [0.25, 0.3) is 0 Å². The molecular formula is C18H32IN3O2. The molecule has 0 aliphatic carbocycles. The Balaban J connectivity index is 0.00000529. The van der Waals surface area contributed by atoms with Gasteiger partial charge in [-0.2, -0.15) is 0 Å². The molecule has 0 fully saturated rings. The Morgan fingerprint density at radius 2 is 1.75 bits per heavy atom. The number of aliphatic imine (C=N–C) groups is 1. The highest BCUT2D eigenvalue weighted by Gasteiger charge is 2.18. The summed E-state index contributed by atoms with van der Waals surface area (Å²) in [4.78, 5) is 4.19. The molecule has 1 aromatic rings. The van der Waals surface area contributed by atoms with Crippen molar-refractivity contribution in [2.45, 2.75) is 32.6 Å². The van der Waals surface area contributed by atoms with E-state index in [9.17, 15) is 0 Å². The van der Waals surface area contributed by atoms with E-state index in [1.54, 1.807) is 14.2 Å². The maximum atomic E-state index is 5.94. The van der Waals surface area contributed by atoms with Crippen LogP contribution in [0.4, 0.5) is 0 Å². The average Bonchev–Trinajstić information content (AvgIpc) is 2.53. The lowest BCUT2D eigenvalue weighted by Gasteiger charge is -2.22. The number of guanidine groups is 1. The third-order valence-electron chi connectivity index (χ3n) is 3.39. The highest BCUT2D eigenvalue weighted by atomic mass is 127. The topological polar surface area (TPSA) is 54.9 Å². The zero-order valence-corrected chi connectivity index (χ0v) is 17.8. The van der Waals surface area contributed by atoms with Crippen molar-refractivity contribution >= 4 is 29.9 Å². The molecule has 138 valence electrons. The Morgan fingerprint density at radius 1 is 1.08 bits per heavy atom. The molecule has 24 heavy (non-hydrogen) atoms. The fraction of sp³-hybridized carbons (Fsp3) is 0.611. The molecule has 0 spiro atoms. The standard InChI is InChI=1S/C18H31N3O2.HI/c1-18(2,3)15-9-6-7-10-16(15)23-14-12-21-17(19-4)20-11-8-13-22-5;/h6-7,9-10H,8,11-14H2,1-5H3,(H2,19,20,21);1H. The zero-order chi connectivity index (χ0) is 17.1. The van der Waals surface area contributed by atoms with Crippen molar-refractivity contribution < 1.29 is 9.47 Å². The molecule has 6 heteroatoms. The number of methoxy groups -OCH3 is 1. The zero-order valence-electron chi connectivity index (χ0n) is 15.5. The van der Waals surface area contributed by atoms with Crippen LogP contribution in [0.15, 0.2) is 29.3 Å². The summed E-state index contributed by atoms with van der Waals surface area (Å²) in [7, 11) is 3.47. The molecule has 0 atom stereocenters. The number of nitrogens with one attached hydrogen (secondary N) is 2. The van der Waals surface area contributed by atoms with Crippen LogP contribution < -0.4 is 15.4 Å². The molecule has 0 radical (unpaired) electrons. The first-order valence-corrected chi connectivity index (χ1v) is 8.15. The molecule has 0 aliphatic heterocycles. The minimum absolute atomic E-state index is 0. The van der Waals surface area contributed by atoms with Gasteiger partial charge >= 0.3 is 0 Å². The summed E-state index contributed by atoms with van der Waals surface area (Å²) in [6.45, 7) is 9.45. The Labute approximate surface area is 163 Å². The van der Waals surface area contributed by atoms with E-state index in [1.165, 1.54) is 5.56 Å². The van der Waals surface area contributed by atoms with Gasteiger partial charge in [-0.25, -0.2) is 0 Å². The summed E-state index contributed by atoms with van der Waals surface area (Å²) in [5.41, 5.74) is 1.30. The van der Waals surface area contributed by atoms with Gasteiger partial charge < -0.3 is 20.1 Å². The van der Waals surface area contributed by atoms with E-state index >= 15 is 0 Å². The fourth-order valence-electron chi connectivity index (χ4n) is 2.19. The van der Waals surface area contributed by atoms with E-state index in [2.05, 4.69) is 48.5 Å². The highest BCUT2D eigenvalue weighted by Crippen LogP contribution is 2.30. The summed E-state index contributed by atoms with van der Waals surface area (Å²) < 4.78 is 11.0. The largest absolute Gasteiger partial charge is 0.491 e. The summed E-state index contributed by atoms with van der Waals surface area (Å²) >= 11 is 0. The molecule has 0 heterocycles. The summed E-state index contributed by atoms with van der Waals surface area (Å²) in [6, 6.07) is 8.21. The van der Waals surface area contributed by atoms with Crippen molar-refractivity contribution in [3.05, 3.63) is 29.8 Å². The number of halogens is 1. The minimum atomic E-state index is 0. The van der Waals surface area contributed by atoms with E-state index in [0.29, 0.717) is 13.2 Å². The molecule has 5 nitrogen and oxygen atoms in total. The first kappa shape index (κ1) is 23.0. The Kier molecular flexibility index (Phi) is 11.8. The predicted octanol–water partition coefficient (Wildman–Crippen LogP) is 3.18.